The molecule has 0 amide bonds. The molecule has 4 aromatic rings. The highest BCUT2D eigenvalue weighted by atomic mass is 16.5. The predicted octanol–water partition coefficient (Wildman–Crippen LogP) is 10.0. The lowest BCUT2D eigenvalue weighted by molar-refractivity contribution is -0.132. The van der Waals surface area contributed by atoms with Crippen molar-refractivity contribution in [2.45, 2.75) is 83.8 Å². The Kier molecular flexibility index (Phi) is 9.56. The second-order valence-electron chi connectivity index (χ2n) is 15.5. The molecular weight excluding hydrogens is 636 g/mol. The van der Waals surface area contributed by atoms with Crippen molar-refractivity contribution in [3.8, 4) is 6.07 Å². The van der Waals surface area contributed by atoms with Gasteiger partial charge in [-0.3, -0.25) is 20.5 Å². The van der Waals surface area contributed by atoms with Gasteiger partial charge in [0.25, 0.3) is 0 Å². The summed E-state index contributed by atoms with van der Waals surface area (Å²) in [6.45, 7) is 11.7. The number of hydrogen-bond acceptors (Lipinski definition) is 7. The lowest BCUT2D eigenvalue weighted by Crippen LogP contribution is -2.38. The standard InChI is InChI=1S/C43H46N4O4/c1-42(2,3)46(50)34-19-13-30(14-20-34)37(31-15-21-35(22-16-31)47(51)43(4,5)6)25-28-10-17-33(18-11-28)45-39-9-7-8-36(39)38-26-29(12-23-40(38)45)24-32(27-44)41(48)49/h10-26,36,39,50-51H,7-9H2,1-6H3,(H,48,49)/b32-24+. The summed E-state index contributed by atoms with van der Waals surface area (Å²) in [7, 11) is 0. The summed E-state index contributed by atoms with van der Waals surface area (Å²) in [6, 6.07) is 32.5. The number of hydrogen-bond donors (Lipinski definition) is 3. The Morgan fingerprint density at radius 2 is 1.29 bits per heavy atom. The fraction of sp³-hybridized carbons (Fsp3) is 0.302. The largest absolute Gasteiger partial charge is 0.477 e. The topological polar surface area (TPSA) is 111 Å². The van der Waals surface area contributed by atoms with Gasteiger partial charge in [-0.1, -0.05) is 48.9 Å². The maximum Gasteiger partial charge on any atom is 0.346 e. The van der Waals surface area contributed by atoms with Crippen LogP contribution in [0.15, 0.2) is 96.6 Å². The molecule has 6 rings (SSSR count). The zero-order chi connectivity index (χ0) is 36.7. The zero-order valence-corrected chi connectivity index (χ0v) is 30.1. The van der Waals surface area contributed by atoms with Crippen molar-refractivity contribution in [1.29, 1.82) is 5.26 Å². The molecule has 1 saturated carbocycles. The van der Waals surface area contributed by atoms with Crippen LogP contribution in [-0.4, -0.2) is 38.6 Å². The third-order valence-corrected chi connectivity index (χ3v) is 9.78. The minimum absolute atomic E-state index is 0.275. The average Bonchev–Trinajstić information content (AvgIpc) is 3.70. The minimum atomic E-state index is -1.22. The number of aliphatic carboxylic acids is 1. The first kappa shape index (κ1) is 35.5. The van der Waals surface area contributed by atoms with Crippen LogP contribution in [0.5, 0.6) is 0 Å². The van der Waals surface area contributed by atoms with E-state index in [-0.39, 0.29) is 5.57 Å². The molecule has 8 nitrogen and oxygen atoms in total. The Bertz CT molecular complexity index is 1950. The van der Waals surface area contributed by atoms with Gasteiger partial charge in [0.1, 0.15) is 11.6 Å². The first-order valence-electron chi connectivity index (χ1n) is 17.4. The number of anilines is 4. The first-order valence-corrected chi connectivity index (χ1v) is 17.4. The van der Waals surface area contributed by atoms with Crippen LogP contribution >= 0.6 is 0 Å². The molecule has 51 heavy (non-hydrogen) atoms. The van der Waals surface area contributed by atoms with Gasteiger partial charge in [-0.15, -0.1) is 0 Å². The smallest absolute Gasteiger partial charge is 0.346 e. The molecule has 0 saturated heterocycles. The van der Waals surface area contributed by atoms with Crippen LogP contribution in [0.4, 0.5) is 22.7 Å². The summed E-state index contributed by atoms with van der Waals surface area (Å²) in [5, 5.41) is 42.7. The maximum absolute atomic E-state index is 11.5. The number of benzene rings is 4. The summed E-state index contributed by atoms with van der Waals surface area (Å²) in [4.78, 5) is 13.9. The van der Waals surface area contributed by atoms with Crippen LogP contribution in [0.1, 0.15) is 94.5 Å². The van der Waals surface area contributed by atoms with Crippen LogP contribution < -0.4 is 15.0 Å². The molecule has 262 valence electrons. The van der Waals surface area contributed by atoms with Crippen LogP contribution in [0, 0.1) is 11.3 Å². The summed E-state index contributed by atoms with van der Waals surface area (Å²) in [5.74, 6) is -0.874. The molecule has 1 aliphatic carbocycles. The van der Waals surface area contributed by atoms with Gasteiger partial charge in [0.05, 0.1) is 22.5 Å². The molecule has 2 aliphatic rings. The number of hydroxylamine groups is 2. The van der Waals surface area contributed by atoms with Gasteiger partial charge in [-0.05, 0) is 148 Å². The van der Waals surface area contributed by atoms with Gasteiger partial charge in [-0.2, -0.15) is 5.26 Å². The van der Waals surface area contributed by atoms with Gasteiger partial charge in [-0.25, -0.2) is 4.79 Å². The van der Waals surface area contributed by atoms with Gasteiger partial charge in [0.2, 0.25) is 0 Å². The second-order valence-corrected chi connectivity index (χ2v) is 15.5. The number of nitrogens with zero attached hydrogens (tertiary/aromatic N) is 4. The molecule has 8 heteroatoms. The van der Waals surface area contributed by atoms with Crippen molar-refractivity contribution >= 4 is 46.4 Å². The molecule has 0 bridgehead atoms. The number of carboxylic acids is 1. The van der Waals surface area contributed by atoms with E-state index in [1.165, 1.54) is 21.8 Å². The highest BCUT2D eigenvalue weighted by Crippen LogP contribution is 2.52. The number of carbonyl (C=O) groups is 1. The van der Waals surface area contributed by atoms with E-state index in [1.54, 1.807) is 6.07 Å². The van der Waals surface area contributed by atoms with Crippen molar-refractivity contribution in [2.75, 3.05) is 15.0 Å². The average molecular weight is 683 g/mol. The maximum atomic E-state index is 11.5. The monoisotopic (exact) mass is 682 g/mol. The number of rotatable bonds is 8. The van der Waals surface area contributed by atoms with Crippen molar-refractivity contribution in [1.82, 2.24) is 0 Å². The molecule has 0 spiro atoms. The van der Waals surface area contributed by atoms with Crippen LogP contribution in [0.3, 0.4) is 0 Å². The van der Waals surface area contributed by atoms with Gasteiger partial charge < -0.3 is 10.0 Å². The highest BCUT2D eigenvalue weighted by molar-refractivity contribution is 5.96. The second kappa shape index (κ2) is 13.7. The molecule has 1 fully saturated rings. The van der Waals surface area contributed by atoms with Crippen molar-refractivity contribution in [2.24, 2.45) is 0 Å². The van der Waals surface area contributed by atoms with Crippen molar-refractivity contribution < 1.29 is 20.3 Å². The third-order valence-electron chi connectivity index (χ3n) is 9.78. The van der Waals surface area contributed by atoms with E-state index in [9.17, 15) is 25.6 Å². The predicted molar refractivity (Wildman–Crippen MR) is 205 cm³/mol. The molecule has 2 unspecified atom stereocenters. The Balaban J connectivity index is 1.35. The molecular formula is C43H46N4O4. The van der Waals surface area contributed by atoms with Crippen LogP contribution in [0.2, 0.25) is 0 Å². The Morgan fingerprint density at radius 3 is 1.78 bits per heavy atom. The minimum Gasteiger partial charge on any atom is -0.477 e. The third kappa shape index (κ3) is 7.27. The lowest BCUT2D eigenvalue weighted by atomic mass is 9.94. The van der Waals surface area contributed by atoms with Gasteiger partial charge >= 0.3 is 5.97 Å². The normalized spacial score (nSPS) is 17.0. The molecule has 2 atom stereocenters. The van der Waals surface area contributed by atoms with E-state index in [4.69, 9.17) is 0 Å². The Hall–Kier alpha value is -5.36. The van der Waals surface area contributed by atoms with Gasteiger partial charge in [0, 0.05) is 23.3 Å². The van der Waals surface area contributed by atoms with E-state index < -0.39 is 17.0 Å². The van der Waals surface area contributed by atoms with E-state index >= 15 is 0 Å². The number of nitriles is 1. The van der Waals surface area contributed by atoms with Crippen molar-refractivity contribution in [3.05, 3.63) is 124 Å². The fourth-order valence-electron chi connectivity index (χ4n) is 7.18. The molecule has 0 aromatic heterocycles. The number of fused-ring (bicyclic) bond motifs is 3. The SMILES string of the molecule is CC(C)(C)N(O)c1ccc(C(=Cc2ccc(N3c4ccc(/C=C(\C#N)C(=O)O)cc4C4CCCC43)cc2)c2ccc(N(O)C(C)(C)C)cc2)cc1. The van der Waals surface area contributed by atoms with Crippen LogP contribution in [0.25, 0.3) is 17.7 Å². The van der Waals surface area contributed by atoms with E-state index in [0.717, 1.165) is 58.5 Å². The molecule has 4 aromatic carbocycles. The van der Waals surface area contributed by atoms with Crippen molar-refractivity contribution in [3.63, 3.8) is 0 Å². The van der Waals surface area contributed by atoms with Crippen LogP contribution in [-0.2, 0) is 4.79 Å². The van der Waals surface area contributed by atoms with E-state index in [0.29, 0.717) is 23.3 Å². The van der Waals surface area contributed by atoms with E-state index in [2.05, 4.69) is 41.3 Å². The Labute approximate surface area is 300 Å². The molecule has 1 aliphatic heterocycles. The molecule has 3 N–H and O–H groups in total. The molecule has 1 heterocycles. The zero-order valence-electron chi connectivity index (χ0n) is 30.1. The van der Waals surface area contributed by atoms with Gasteiger partial charge in [0.15, 0.2) is 0 Å². The number of carboxylic acid groups (broad SMARTS) is 1. The quantitative estimate of drug-likeness (QED) is 0.0729. The summed E-state index contributed by atoms with van der Waals surface area (Å²) >= 11 is 0. The lowest BCUT2D eigenvalue weighted by Gasteiger charge is -2.31. The summed E-state index contributed by atoms with van der Waals surface area (Å²) in [5.41, 5.74) is 8.40. The highest BCUT2D eigenvalue weighted by Gasteiger charge is 2.42. The summed E-state index contributed by atoms with van der Waals surface area (Å²) in [6.07, 6.45) is 6.88. The summed E-state index contributed by atoms with van der Waals surface area (Å²) < 4.78 is 0. The fourth-order valence-corrected chi connectivity index (χ4v) is 7.18. The first-order chi connectivity index (χ1) is 24.2. The Morgan fingerprint density at radius 1 is 0.765 bits per heavy atom. The van der Waals surface area contributed by atoms with E-state index in [1.807, 2.05) is 102 Å². The molecule has 0 radical (unpaired) electrons.